The van der Waals surface area contributed by atoms with E-state index in [0.717, 1.165) is 0 Å². The normalized spacial score (nSPS) is 11.5. The molecule has 0 saturated heterocycles. The zero-order valence-electron chi connectivity index (χ0n) is 11.6. The van der Waals surface area contributed by atoms with Gasteiger partial charge in [0, 0.05) is 6.42 Å². The van der Waals surface area contributed by atoms with Gasteiger partial charge in [-0.15, -0.1) is 0 Å². The van der Waals surface area contributed by atoms with Crippen LogP contribution in [-0.4, -0.2) is 19.3 Å². The van der Waals surface area contributed by atoms with Crippen molar-refractivity contribution < 1.29 is 47.3 Å². The average Bonchev–Trinajstić information content (AvgIpc) is 2.45. The van der Waals surface area contributed by atoms with Gasteiger partial charge in [-0.25, -0.2) is 8.42 Å². The molecule has 6 heteroatoms. The Hall–Kier alpha value is -0.980. The molecular weight excluding hydrogens is 299 g/mol. The molecule has 2 aromatic carbocycles. The number of hydrogen-bond acceptors (Lipinski definition) is 4. The zero-order chi connectivity index (χ0) is 14.6. The maximum atomic E-state index is 11.9. The Balaban J connectivity index is 0.00000220. The molecule has 0 aliphatic heterocycles. The average molecular weight is 312 g/mol. The number of carbonyl (C=O) groups is 1. The first-order chi connectivity index (χ1) is 9.52. The van der Waals surface area contributed by atoms with E-state index < -0.39 is 21.3 Å². The van der Waals surface area contributed by atoms with Crippen molar-refractivity contribution in [2.24, 2.45) is 0 Å². The minimum atomic E-state index is -4.78. The van der Waals surface area contributed by atoms with Crippen molar-refractivity contribution >= 4 is 16.4 Å². The molecule has 21 heavy (non-hydrogen) atoms. The molecule has 2 aromatic rings. The van der Waals surface area contributed by atoms with E-state index in [9.17, 15) is 17.8 Å². The molecular formula is C15H13NaO4S. The SMILES string of the molecule is O=CCC(c1ccccc1)(c1ccccc1)S(=O)(=O)[O-].[Na+]. The summed E-state index contributed by atoms with van der Waals surface area (Å²) in [4.78, 5) is 11.0. The fourth-order valence-corrected chi connectivity index (χ4v) is 3.45. The summed E-state index contributed by atoms with van der Waals surface area (Å²) in [6.07, 6.45) is 0.0578. The smallest absolute Gasteiger partial charge is 0.747 e. The first-order valence-corrected chi connectivity index (χ1v) is 7.43. The maximum absolute atomic E-state index is 11.9. The molecule has 2 rings (SSSR count). The molecule has 0 atom stereocenters. The second kappa shape index (κ2) is 7.33. The van der Waals surface area contributed by atoms with Crippen LogP contribution in [0.25, 0.3) is 0 Å². The Kier molecular flexibility index (Phi) is 6.31. The second-order valence-electron chi connectivity index (χ2n) is 4.38. The molecule has 0 radical (unpaired) electrons. The van der Waals surface area contributed by atoms with Crippen LogP contribution in [0.1, 0.15) is 17.5 Å². The van der Waals surface area contributed by atoms with E-state index in [-0.39, 0.29) is 29.6 Å². The van der Waals surface area contributed by atoms with Crippen LogP contribution in [0.3, 0.4) is 0 Å². The standard InChI is InChI=1S/C15H14O4S.Na/c16-12-11-15(20(17,18)19,13-7-3-1-4-8-13)14-9-5-2-6-10-14;/h1-10,12H,11H2,(H,17,18,19);/q;+1/p-1. The third kappa shape index (κ3) is 3.44. The summed E-state index contributed by atoms with van der Waals surface area (Å²) in [6, 6.07) is 16.2. The molecule has 0 saturated carbocycles. The molecule has 0 fully saturated rings. The number of rotatable bonds is 5. The molecule has 0 unspecified atom stereocenters. The van der Waals surface area contributed by atoms with Gasteiger partial charge in [-0.05, 0) is 11.1 Å². The largest absolute Gasteiger partial charge is 1.00 e. The minimum Gasteiger partial charge on any atom is -0.747 e. The topological polar surface area (TPSA) is 74.3 Å². The maximum Gasteiger partial charge on any atom is 1.00 e. The Morgan fingerprint density at radius 3 is 1.57 bits per heavy atom. The van der Waals surface area contributed by atoms with Crippen LogP contribution in [0, 0.1) is 0 Å². The molecule has 0 amide bonds. The molecule has 4 nitrogen and oxygen atoms in total. The Bertz CT molecular complexity index is 645. The van der Waals surface area contributed by atoms with Crippen LogP contribution in [0.2, 0.25) is 0 Å². The summed E-state index contributed by atoms with van der Waals surface area (Å²) in [5.74, 6) is 0. The molecule has 0 aliphatic carbocycles. The van der Waals surface area contributed by atoms with E-state index in [1.54, 1.807) is 60.7 Å². The number of carbonyl (C=O) groups excluding carboxylic acids is 1. The fraction of sp³-hybridized carbons (Fsp3) is 0.133. The third-order valence-electron chi connectivity index (χ3n) is 3.28. The Morgan fingerprint density at radius 2 is 1.29 bits per heavy atom. The molecule has 0 bridgehead atoms. The monoisotopic (exact) mass is 312 g/mol. The van der Waals surface area contributed by atoms with Gasteiger partial charge in [-0.1, -0.05) is 60.7 Å². The molecule has 104 valence electrons. The van der Waals surface area contributed by atoms with Crippen LogP contribution < -0.4 is 29.6 Å². The van der Waals surface area contributed by atoms with Crippen molar-refractivity contribution in [1.29, 1.82) is 0 Å². The van der Waals surface area contributed by atoms with Gasteiger partial charge in [0.15, 0.2) is 0 Å². The summed E-state index contributed by atoms with van der Waals surface area (Å²) in [6.45, 7) is 0. The Morgan fingerprint density at radius 1 is 0.905 bits per heavy atom. The van der Waals surface area contributed by atoms with Crippen molar-refractivity contribution in [3.05, 3.63) is 71.8 Å². The van der Waals surface area contributed by atoms with Crippen LogP contribution in [0.4, 0.5) is 0 Å². The van der Waals surface area contributed by atoms with E-state index in [2.05, 4.69) is 0 Å². The van der Waals surface area contributed by atoms with Crippen molar-refractivity contribution in [3.63, 3.8) is 0 Å². The molecule has 0 N–H and O–H groups in total. The second-order valence-corrected chi connectivity index (χ2v) is 5.99. The van der Waals surface area contributed by atoms with E-state index in [1.807, 2.05) is 0 Å². The molecule has 0 heterocycles. The van der Waals surface area contributed by atoms with E-state index in [1.165, 1.54) is 0 Å². The van der Waals surface area contributed by atoms with Gasteiger partial charge < -0.3 is 9.35 Å². The van der Waals surface area contributed by atoms with Crippen molar-refractivity contribution in [1.82, 2.24) is 0 Å². The summed E-state index contributed by atoms with van der Waals surface area (Å²) in [7, 11) is -4.78. The quantitative estimate of drug-likeness (QED) is 0.406. The predicted molar refractivity (Wildman–Crippen MR) is 74.0 cm³/mol. The number of aldehydes is 1. The minimum absolute atomic E-state index is 0. The van der Waals surface area contributed by atoms with Gasteiger partial charge in [0.2, 0.25) is 0 Å². The van der Waals surface area contributed by atoms with Crippen LogP contribution in [-0.2, 0) is 19.7 Å². The first kappa shape index (κ1) is 18.1. The zero-order valence-corrected chi connectivity index (χ0v) is 14.4. The van der Waals surface area contributed by atoms with E-state index in [4.69, 9.17) is 0 Å². The van der Waals surface area contributed by atoms with Gasteiger partial charge in [0.25, 0.3) is 0 Å². The van der Waals surface area contributed by atoms with Crippen LogP contribution in [0.5, 0.6) is 0 Å². The van der Waals surface area contributed by atoms with Gasteiger partial charge >= 0.3 is 29.6 Å². The molecule has 0 aromatic heterocycles. The summed E-state index contributed by atoms with van der Waals surface area (Å²) < 4.78 is 33.9. The summed E-state index contributed by atoms with van der Waals surface area (Å²) >= 11 is 0. The van der Waals surface area contributed by atoms with Crippen molar-refractivity contribution in [2.45, 2.75) is 11.2 Å². The fourth-order valence-electron chi connectivity index (χ4n) is 2.33. The van der Waals surface area contributed by atoms with Crippen molar-refractivity contribution in [2.75, 3.05) is 0 Å². The van der Waals surface area contributed by atoms with Gasteiger partial charge in [0.05, 0.1) is 0 Å². The number of benzene rings is 2. The van der Waals surface area contributed by atoms with Crippen molar-refractivity contribution in [3.8, 4) is 0 Å². The van der Waals surface area contributed by atoms with Gasteiger partial charge in [-0.3, -0.25) is 0 Å². The van der Waals surface area contributed by atoms with Crippen LogP contribution in [0.15, 0.2) is 60.7 Å². The van der Waals surface area contributed by atoms with Gasteiger partial charge in [0.1, 0.15) is 21.2 Å². The first-order valence-electron chi connectivity index (χ1n) is 6.02. The molecule has 0 spiro atoms. The van der Waals surface area contributed by atoms with Gasteiger partial charge in [-0.2, -0.15) is 0 Å². The number of hydrogen-bond donors (Lipinski definition) is 0. The summed E-state index contributed by atoms with van der Waals surface area (Å²) in [5, 5.41) is 0. The molecule has 0 aliphatic rings. The summed E-state index contributed by atoms with van der Waals surface area (Å²) in [5.41, 5.74) is 0.599. The van der Waals surface area contributed by atoms with Crippen LogP contribution >= 0.6 is 0 Å². The Labute approximate surface area is 146 Å². The predicted octanol–water partition coefficient (Wildman–Crippen LogP) is -0.932. The van der Waals surface area contributed by atoms with E-state index >= 15 is 0 Å². The van der Waals surface area contributed by atoms with E-state index in [0.29, 0.717) is 17.4 Å². The third-order valence-corrected chi connectivity index (χ3v) is 4.77.